The second kappa shape index (κ2) is 13.8. The average Bonchev–Trinajstić information content (AvgIpc) is 2.89. The molecule has 1 aliphatic heterocycles. The lowest BCUT2D eigenvalue weighted by Crippen LogP contribution is -2.39. The van der Waals surface area contributed by atoms with Crippen LogP contribution in [0.15, 0.2) is 47.4 Å². The fourth-order valence-corrected chi connectivity index (χ4v) is 5.38. The topological polar surface area (TPSA) is 105 Å². The first-order chi connectivity index (χ1) is 17.7. The molecule has 1 saturated heterocycles. The quantitative estimate of drug-likeness (QED) is 0.392. The molecule has 2 aromatic carbocycles. The minimum atomic E-state index is -4.19. The second-order valence-corrected chi connectivity index (χ2v) is 11.4. The monoisotopic (exact) mass is 530 g/mol. The molecule has 0 saturated carbocycles. The summed E-state index contributed by atoms with van der Waals surface area (Å²) in [5.74, 6) is 0.803. The first-order valence-electron chi connectivity index (χ1n) is 13.4. The molecule has 0 bridgehead atoms. The summed E-state index contributed by atoms with van der Waals surface area (Å²) in [5, 5.41) is 9.10. The Balaban J connectivity index is 2.10. The zero-order valence-corrected chi connectivity index (χ0v) is 23.2. The molecule has 204 valence electrons. The van der Waals surface area contributed by atoms with Crippen molar-refractivity contribution in [1.29, 1.82) is 0 Å². The first kappa shape index (κ1) is 28.9. The molecular formula is C28H42N4O4S. The highest BCUT2D eigenvalue weighted by molar-refractivity contribution is 7.89. The Morgan fingerprint density at radius 2 is 1.78 bits per heavy atom. The number of nitrogens with two attached hydrogens (primary N) is 1. The van der Waals surface area contributed by atoms with Crippen LogP contribution in [0.5, 0.6) is 11.5 Å². The van der Waals surface area contributed by atoms with E-state index < -0.39 is 10.0 Å². The molecule has 0 spiro atoms. The molecule has 9 heteroatoms. The number of primary sulfonamides is 1. The number of piperidine rings is 1. The highest BCUT2D eigenvalue weighted by atomic mass is 32.2. The number of hydrogen-bond donors (Lipinski definition) is 2. The van der Waals surface area contributed by atoms with Crippen molar-refractivity contribution in [2.45, 2.75) is 57.3 Å². The van der Waals surface area contributed by atoms with Crippen molar-refractivity contribution < 1.29 is 17.9 Å². The van der Waals surface area contributed by atoms with E-state index in [2.05, 4.69) is 24.1 Å². The minimum absolute atomic E-state index is 0.164. The number of carbonyl (C=O) groups is 1. The predicted molar refractivity (Wildman–Crippen MR) is 149 cm³/mol. The summed E-state index contributed by atoms with van der Waals surface area (Å²) in [6.07, 6.45) is 5.95. The van der Waals surface area contributed by atoms with E-state index >= 15 is 0 Å². The summed E-state index contributed by atoms with van der Waals surface area (Å²) in [5.41, 5.74) is 0.872. The lowest BCUT2D eigenvalue weighted by molar-refractivity contribution is 0.0764. The number of nitrogens with zero attached hydrogens (tertiary/aromatic N) is 2. The van der Waals surface area contributed by atoms with Crippen LogP contribution in [0.3, 0.4) is 0 Å². The molecule has 2 aromatic rings. The number of carbonyl (C=O) groups excluding carboxylic acids is 1. The first-order valence-corrected chi connectivity index (χ1v) is 14.9. The molecule has 0 radical (unpaired) electrons. The number of anilines is 1. The fourth-order valence-electron chi connectivity index (χ4n) is 4.69. The third kappa shape index (κ3) is 8.18. The number of nitrogens with one attached hydrogen (secondary N) is 1. The van der Waals surface area contributed by atoms with E-state index in [0.29, 0.717) is 42.6 Å². The molecular weight excluding hydrogens is 488 g/mol. The summed E-state index contributed by atoms with van der Waals surface area (Å²) in [7, 11) is -2.42. The highest BCUT2D eigenvalue weighted by Crippen LogP contribution is 2.40. The van der Waals surface area contributed by atoms with E-state index in [9.17, 15) is 13.2 Å². The van der Waals surface area contributed by atoms with Crippen molar-refractivity contribution in [3.63, 3.8) is 0 Å². The van der Waals surface area contributed by atoms with Crippen LogP contribution >= 0.6 is 0 Å². The van der Waals surface area contributed by atoms with Crippen LogP contribution in [0.4, 0.5) is 5.69 Å². The smallest absolute Gasteiger partial charge is 0.253 e. The van der Waals surface area contributed by atoms with Gasteiger partial charge >= 0.3 is 0 Å². The van der Waals surface area contributed by atoms with Crippen molar-refractivity contribution in [2.75, 3.05) is 44.7 Å². The zero-order chi connectivity index (χ0) is 26.8. The third-order valence-electron chi connectivity index (χ3n) is 6.73. The van der Waals surface area contributed by atoms with Gasteiger partial charge in [0.15, 0.2) is 5.75 Å². The van der Waals surface area contributed by atoms with Crippen LogP contribution in [0.2, 0.25) is 0 Å². The number of amides is 1. The Morgan fingerprint density at radius 1 is 1.11 bits per heavy atom. The van der Waals surface area contributed by atoms with Crippen molar-refractivity contribution in [2.24, 2.45) is 11.1 Å². The summed E-state index contributed by atoms with van der Waals surface area (Å²) < 4.78 is 31.9. The minimum Gasteiger partial charge on any atom is -0.454 e. The van der Waals surface area contributed by atoms with E-state index in [1.54, 1.807) is 30.1 Å². The van der Waals surface area contributed by atoms with Gasteiger partial charge < -0.3 is 19.9 Å². The van der Waals surface area contributed by atoms with Gasteiger partial charge in [-0.1, -0.05) is 44.9 Å². The van der Waals surface area contributed by atoms with Gasteiger partial charge in [0.1, 0.15) is 10.6 Å². The largest absolute Gasteiger partial charge is 0.454 e. The van der Waals surface area contributed by atoms with Crippen LogP contribution in [0.25, 0.3) is 0 Å². The Labute approximate surface area is 222 Å². The molecule has 8 nitrogen and oxygen atoms in total. The van der Waals surface area contributed by atoms with E-state index in [-0.39, 0.29) is 16.6 Å². The predicted octanol–water partition coefficient (Wildman–Crippen LogP) is 4.60. The molecule has 1 heterocycles. The van der Waals surface area contributed by atoms with E-state index in [1.807, 2.05) is 18.2 Å². The number of sulfonamides is 1. The van der Waals surface area contributed by atoms with Gasteiger partial charge in [0.2, 0.25) is 10.0 Å². The molecule has 3 N–H and O–H groups in total. The SMILES string of the molecule is CCCCN(CCCC)c1cc(C(=O)N(C)CC2CCCNC2)cc(S(N)(=O)=O)c1Oc1ccccc1. The maximum Gasteiger partial charge on any atom is 0.253 e. The summed E-state index contributed by atoms with van der Waals surface area (Å²) in [6, 6.07) is 12.2. The van der Waals surface area contributed by atoms with E-state index in [4.69, 9.17) is 9.88 Å². The van der Waals surface area contributed by atoms with Crippen molar-refractivity contribution >= 4 is 21.6 Å². The highest BCUT2D eigenvalue weighted by Gasteiger charge is 2.28. The number of para-hydroxylation sites is 1. The molecule has 1 amide bonds. The Hall–Kier alpha value is -2.62. The van der Waals surface area contributed by atoms with Crippen LogP contribution < -0.4 is 20.1 Å². The lowest BCUT2D eigenvalue weighted by atomic mass is 9.99. The van der Waals surface area contributed by atoms with Crippen molar-refractivity contribution in [3.05, 3.63) is 48.0 Å². The van der Waals surface area contributed by atoms with Gasteiger partial charge in [-0.25, -0.2) is 13.6 Å². The number of unbranched alkanes of at least 4 members (excludes halogenated alkanes) is 2. The van der Waals surface area contributed by atoms with Crippen molar-refractivity contribution in [1.82, 2.24) is 10.2 Å². The van der Waals surface area contributed by atoms with Gasteiger partial charge in [-0.3, -0.25) is 4.79 Å². The molecule has 1 unspecified atom stereocenters. The number of rotatable bonds is 13. The standard InChI is InChI=1S/C28H42N4O4S/c1-4-6-16-32(17-7-5-2)25-18-23(28(33)31(3)21-22-12-11-15-30-20-22)19-26(37(29,34)35)27(25)36-24-13-9-8-10-14-24/h8-10,13-14,18-19,22,30H,4-7,11-12,15-17,20-21H2,1-3H3,(H2,29,34,35). The lowest BCUT2D eigenvalue weighted by Gasteiger charge is -2.30. The van der Waals surface area contributed by atoms with Crippen LogP contribution in [0.1, 0.15) is 62.7 Å². The molecule has 1 aliphatic rings. The number of hydrogen-bond acceptors (Lipinski definition) is 6. The van der Waals surface area contributed by atoms with Gasteiger partial charge in [0.05, 0.1) is 5.69 Å². The summed E-state index contributed by atoms with van der Waals surface area (Å²) >= 11 is 0. The molecule has 0 aromatic heterocycles. The normalized spacial score (nSPS) is 15.8. The Morgan fingerprint density at radius 3 is 2.35 bits per heavy atom. The average molecular weight is 531 g/mol. The molecule has 0 aliphatic carbocycles. The maximum absolute atomic E-state index is 13.6. The number of ether oxygens (including phenoxy) is 1. The third-order valence-corrected chi connectivity index (χ3v) is 7.65. The molecule has 1 fully saturated rings. The summed E-state index contributed by atoms with van der Waals surface area (Å²) in [4.78, 5) is 17.2. The number of benzene rings is 2. The van der Waals surface area contributed by atoms with Crippen molar-refractivity contribution in [3.8, 4) is 11.5 Å². The zero-order valence-electron chi connectivity index (χ0n) is 22.4. The van der Waals surface area contributed by atoms with Crippen LogP contribution in [-0.4, -0.2) is 59.0 Å². The van der Waals surface area contributed by atoms with Gasteiger partial charge in [0, 0.05) is 32.2 Å². The van der Waals surface area contributed by atoms with E-state index in [0.717, 1.165) is 51.6 Å². The van der Waals surface area contributed by atoms with Gasteiger partial charge in [0.25, 0.3) is 5.91 Å². The molecule has 37 heavy (non-hydrogen) atoms. The van der Waals surface area contributed by atoms with E-state index in [1.165, 1.54) is 6.07 Å². The fraction of sp³-hybridized carbons (Fsp3) is 0.536. The Bertz CT molecular complexity index is 1110. The van der Waals surface area contributed by atoms with Gasteiger partial charge in [-0.05, 0) is 69.0 Å². The molecule has 3 rings (SSSR count). The van der Waals surface area contributed by atoms with Gasteiger partial charge in [-0.15, -0.1) is 0 Å². The molecule has 1 atom stereocenters. The van der Waals surface area contributed by atoms with Crippen LogP contribution in [0, 0.1) is 5.92 Å². The van der Waals surface area contributed by atoms with Gasteiger partial charge in [-0.2, -0.15) is 0 Å². The Kier molecular flexibility index (Phi) is 10.8. The summed E-state index contributed by atoms with van der Waals surface area (Å²) in [6.45, 7) is 8.14. The second-order valence-electron chi connectivity index (χ2n) is 9.87. The van der Waals surface area contributed by atoms with Crippen LogP contribution in [-0.2, 0) is 10.0 Å². The maximum atomic E-state index is 13.6.